The van der Waals surface area contributed by atoms with Gasteiger partial charge in [-0.25, -0.2) is 0 Å². The van der Waals surface area contributed by atoms with Crippen molar-refractivity contribution < 1.29 is 48.3 Å². The summed E-state index contributed by atoms with van der Waals surface area (Å²) in [4.78, 5) is 17.6. The number of piperidine rings is 2. The molecular weight excluding hydrogens is 1400 g/mol. The number of Topliss-reactive ketones (excluding diaryl/α,β-unsaturated/α-hetero) is 1. The quantitative estimate of drug-likeness (QED) is 0.0779. The topological polar surface area (TPSA) is 80.7 Å². The number of rotatable bonds is 11. The van der Waals surface area contributed by atoms with Gasteiger partial charge in [-0.1, -0.05) is 188 Å². The molecule has 12 heteroatoms. The van der Waals surface area contributed by atoms with Crippen LogP contribution in [0.4, 0.5) is 0 Å². The van der Waals surface area contributed by atoms with Crippen molar-refractivity contribution in [2.75, 3.05) is 41.4 Å². The Morgan fingerprint density at radius 3 is 1.08 bits per heavy atom. The van der Waals surface area contributed by atoms with Gasteiger partial charge in [0.1, 0.15) is 59.9 Å². The third kappa shape index (κ3) is 13.6. The minimum atomic E-state index is -0.877. The van der Waals surface area contributed by atoms with Crippen LogP contribution in [0.25, 0.3) is 0 Å². The Labute approximate surface area is 618 Å². The van der Waals surface area contributed by atoms with Gasteiger partial charge in [0.15, 0.2) is 34.9 Å². The fraction of sp³-hybridized carbons (Fsp3) is 0.233. The number of ketones is 1. The fourth-order valence-corrected chi connectivity index (χ4v) is 25.7. The number of methoxy groups -OCH3 is 2. The number of likely N-dealkylation sites (tertiary alicyclic amines) is 2. The summed E-state index contributed by atoms with van der Waals surface area (Å²) in [5.74, 6) is 4.55. The maximum atomic E-state index is 12.6. The molecule has 4 aliphatic carbocycles. The van der Waals surface area contributed by atoms with E-state index in [9.17, 15) is 9.90 Å². The van der Waals surface area contributed by atoms with Crippen molar-refractivity contribution >= 4 is 77.3 Å². The second-order valence-corrected chi connectivity index (χ2v) is 35.3. The molecule has 2 spiro atoms. The number of likely N-dealkylation sites (N-methyl/N-ethyl adjacent to an activating group) is 2. The molecule has 0 amide bonds. The number of benzene rings is 11. The number of nitrogens with zero attached hydrogens (tertiary/aromatic N) is 2. The van der Waals surface area contributed by atoms with Crippen molar-refractivity contribution in [2.24, 2.45) is 11.8 Å². The van der Waals surface area contributed by atoms with Crippen molar-refractivity contribution in [3.63, 3.8) is 0 Å². The zero-order valence-corrected chi connectivity index (χ0v) is 63.0. The van der Waals surface area contributed by atoms with Gasteiger partial charge in [-0.3, -0.25) is 4.79 Å². The summed E-state index contributed by atoms with van der Waals surface area (Å²) in [6.07, 6.45) is 9.01. The first-order valence-electron chi connectivity index (χ1n) is 35.8. The summed E-state index contributed by atoms with van der Waals surface area (Å²) in [6.45, 7) is 2.10. The Morgan fingerprint density at radius 1 is 0.412 bits per heavy atom. The smallest absolute Gasteiger partial charge is 0.174 e. The Bertz CT molecular complexity index is 4040. The number of ether oxygens (including phenoxy) is 4. The number of aliphatic hydroxyl groups is 1. The molecule has 8 aliphatic rings. The van der Waals surface area contributed by atoms with Gasteiger partial charge in [-0.05, 0) is 198 Å². The number of aliphatic hydroxyl groups excluding tert-OH is 1. The molecule has 102 heavy (non-hydrogen) atoms. The summed E-state index contributed by atoms with van der Waals surface area (Å²) < 4.78 is 23.6. The molecule has 517 valence electrons. The first kappa shape index (κ1) is 70.8. The predicted molar refractivity (Wildman–Crippen MR) is 424 cm³/mol. The fourth-order valence-electron chi connectivity index (χ4n) is 18.0. The van der Waals surface area contributed by atoms with Gasteiger partial charge in [0.05, 0.1) is 38.0 Å². The molecule has 1 radical (unpaired) electrons. The van der Waals surface area contributed by atoms with E-state index in [1.54, 1.807) is 14.2 Å². The van der Waals surface area contributed by atoms with Gasteiger partial charge in [-0.2, -0.15) is 0 Å². The van der Waals surface area contributed by atoms with Crippen molar-refractivity contribution in [1.29, 1.82) is 0 Å². The van der Waals surface area contributed by atoms with Gasteiger partial charge in [0, 0.05) is 65.9 Å². The van der Waals surface area contributed by atoms with Crippen molar-refractivity contribution in [2.45, 2.75) is 79.8 Å². The van der Waals surface area contributed by atoms with Crippen LogP contribution in [0.3, 0.4) is 0 Å². The Hall–Kier alpha value is -8.18. The van der Waals surface area contributed by atoms with E-state index in [1.165, 1.54) is 70.0 Å². The van der Waals surface area contributed by atoms with Gasteiger partial charge in [0.25, 0.3) is 0 Å². The minimum absolute atomic E-state index is 0. The summed E-state index contributed by atoms with van der Waals surface area (Å²) in [5, 5.41) is 23.5. The second-order valence-electron chi connectivity index (χ2n) is 27.8. The molecule has 11 aromatic rings. The number of hydrogen-bond acceptors (Lipinski definition) is 8. The summed E-state index contributed by atoms with van der Waals surface area (Å²) in [5.41, 5.74) is 5.18. The molecule has 1 saturated carbocycles. The molecule has 9 unspecified atom stereocenters. The van der Waals surface area contributed by atoms with Crippen LogP contribution in [0.15, 0.2) is 309 Å². The standard InChI is InChI=1S/2C18H21NO3.3C18H15P.Rh/c2*1-19-8-7-18-11-4-5-13(20)17(18)22-16-14(21-2)6-3-10(15(16)18)9-12(11)19;3*1-4-10-16(11-5-1)19(17-12-6-2-7-13-17)18-14-8-3-9-15-18;/h3,6,11-12,17H,4-5,7-9H2,1-2H3;3-6,11-13,17,20H,7-9H2,1-2H3;3*1-15H;/p+3. The van der Waals surface area contributed by atoms with Crippen molar-refractivity contribution in [1.82, 2.24) is 9.80 Å². The summed E-state index contributed by atoms with van der Waals surface area (Å²) >= 11 is 0. The largest absolute Gasteiger partial charge is 0.493 e. The van der Waals surface area contributed by atoms with E-state index in [0.717, 1.165) is 68.2 Å². The molecule has 3 fully saturated rings. The second kappa shape index (κ2) is 31.8. The molecule has 8 nitrogen and oxygen atoms in total. The van der Waals surface area contributed by atoms with Gasteiger partial charge < -0.3 is 33.9 Å². The summed E-state index contributed by atoms with van der Waals surface area (Å²) in [6, 6.07) is 107. The molecule has 4 heterocycles. The van der Waals surface area contributed by atoms with E-state index in [4.69, 9.17) is 18.9 Å². The number of carbonyl (C=O) groups excluding carboxylic acids is 1. The van der Waals surface area contributed by atoms with Crippen molar-refractivity contribution in [3.8, 4) is 23.0 Å². The number of hydrogen-bond donors (Lipinski definition) is 1. The zero-order chi connectivity index (χ0) is 68.9. The van der Waals surface area contributed by atoms with E-state index in [1.807, 2.05) is 18.2 Å². The molecule has 9 atom stereocenters. The zero-order valence-electron chi connectivity index (χ0n) is 58.4. The average Bonchev–Trinajstić information content (AvgIpc) is 1.51. The first-order valence-corrected chi connectivity index (χ1v) is 40.3. The molecule has 1 N–H and O–H groups in total. The normalized spacial score (nSPS) is 23.1. The molecule has 2 saturated heterocycles. The number of carbonyl (C=O) groups is 1. The van der Waals surface area contributed by atoms with Crippen LogP contribution in [-0.2, 0) is 47.9 Å². The monoisotopic (exact) mass is 1490 g/mol. The van der Waals surface area contributed by atoms with E-state index in [0.29, 0.717) is 30.3 Å². The van der Waals surface area contributed by atoms with Crippen LogP contribution in [0.2, 0.25) is 0 Å². The van der Waals surface area contributed by atoms with Crippen molar-refractivity contribution in [3.05, 3.63) is 332 Å². The maximum absolute atomic E-state index is 12.6. The van der Waals surface area contributed by atoms with Crippen LogP contribution >= 0.6 is 23.8 Å². The minimum Gasteiger partial charge on any atom is -0.493 e. The van der Waals surface area contributed by atoms with Gasteiger partial charge in [-0.15, -0.1) is 0 Å². The SMILES string of the molecule is COc1ccc2c3c1OC1C(=O)CCC4C(C2)N(C)CCC314.COc1ccc2c3c1OC1C(O)C=CC4C(C2)N(C)CCC341.[Rh].c1ccc([PH+](c2ccccc2)c2ccccc2)cc1.c1ccc([PH+](c2ccccc2)c2ccccc2)cc1.c1ccc([PH+](c2ccccc2)c2ccccc2)cc1. The van der Waals surface area contributed by atoms with Crippen LogP contribution in [0, 0.1) is 11.8 Å². The molecule has 4 aliphatic heterocycles. The van der Waals surface area contributed by atoms with Crippen LogP contribution in [0.1, 0.15) is 47.9 Å². The third-order valence-corrected chi connectivity index (χ3v) is 30.7. The van der Waals surface area contributed by atoms with Gasteiger partial charge in [0.2, 0.25) is 0 Å². The molecule has 11 aromatic carbocycles. The Kier molecular flexibility index (Phi) is 22.1. The van der Waals surface area contributed by atoms with E-state index >= 15 is 0 Å². The maximum Gasteiger partial charge on any atom is 0.174 e. The molecule has 19 rings (SSSR count). The van der Waals surface area contributed by atoms with E-state index in [-0.39, 0.29) is 48.3 Å². The van der Waals surface area contributed by atoms with Gasteiger partial charge >= 0.3 is 0 Å². The molecule has 0 aromatic heterocycles. The van der Waals surface area contributed by atoms with E-state index < -0.39 is 29.9 Å². The predicted octanol–water partition coefficient (Wildman–Crippen LogP) is 13.0. The van der Waals surface area contributed by atoms with E-state index in [2.05, 4.69) is 315 Å². The summed E-state index contributed by atoms with van der Waals surface area (Å²) in [7, 11) is 5.19. The Balaban J connectivity index is 0.000000108. The molecular formula is C90H90N2O6P3Rh+3. The van der Waals surface area contributed by atoms with Crippen LogP contribution < -0.4 is 66.7 Å². The Morgan fingerprint density at radius 2 is 0.725 bits per heavy atom. The average molecular weight is 1490 g/mol. The molecule has 4 bridgehead atoms. The first-order chi connectivity index (χ1) is 49.7. The van der Waals surface area contributed by atoms with Crippen LogP contribution in [0.5, 0.6) is 23.0 Å². The van der Waals surface area contributed by atoms with Crippen LogP contribution in [-0.4, -0.2) is 92.5 Å². The third-order valence-electron chi connectivity index (χ3n) is 22.5.